The fraction of sp³-hybridized carbons (Fsp3) is 0.462. The Morgan fingerprint density at radius 3 is 2.55 bits per heavy atom. The lowest BCUT2D eigenvalue weighted by molar-refractivity contribution is -0.137. The van der Waals surface area contributed by atoms with Gasteiger partial charge in [-0.3, -0.25) is 5.32 Å². The van der Waals surface area contributed by atoms with Crippen LogP contribution in [0.5, 0.6) is 0 Å². The number of hydrogen-bond acceptors (Lipinski definition) is 3. The Labute approximate surface area is 113 Å². The first-order chi connectivity index (χ1) is 9.42. The predicted molar refractivity (Wildman–Crippen MR) is 65.3 cm³/mol. The standard InChI is InChI=1S/C13H13F3N2O2/c14-13(15,16)9-3-1-2-8-10(9)18-11(19)20-12(8)4-6-17-7-5-12/h1-3,17H,4-7H2,(H,18,19). The van der Waals surface area contributed by atoms with E-state index in [0.717, 1.165) is 6.07 Å². The van der Waals surface area contributed by atoms with Crippen LogP contribution in [-0.2, 0) is 16.5 Å². The van der Waals surface area contributed by atoms with Crippen LogP contribution in [0, 0.1) is 0 Å². The number of ether oxygens (including phenoxy) is 1. The van der Waals surface area contributed by atoms with Gasteiger partial charge in [0.15, 0.2) is 0 Å². The van der Waals surface area contributed by atoms with Gasteiger partial charge in [-0.05, 0) is 19.2 Å². The summed E-state index contributed by atoms with van der Waals surface area (Å²) >= 11 is 0. The molecule has 108 valence electrons. The lowest BCUT2D eigenvalue weighted by Crippen LogP contribution is -2.47. The molecule has 0 aromatic heterocycles. The lowest BCUT2D eigenvalue weighted by Gasteiger charge is -2.41. The van der Waals surface area contributed by atoms with Crippen molar-refractivity contribution < 1.29 is 22.7 Å². The maximum absolute atomic E-state index is 13.1. The van der Waals surface area contributed by atoms with Gasteiger partial charge < -0.3 is 10.1 Å². The molecular formula is C13H13F3N2O2. The molecule has 0 radical (unpaired) electrons. The second kappa shape index (κ2) is 4.37. The summed E-state index contributed by atoms with van der Waals surface area (Å²) in [7, 11) is 0. The predicted octanol–water partition coefficient (Wildman–Crippen LogP) is 2.85. The van der Waals surface area contributed by atoms with Crippen LogP contribution in [0.25, 0.3) is 0 Å². The van der Waals surface area contributed by atoms with Gasteiger partial charge in [0.25, 0.3) is 0 Å². The molecule has 2 N–H and O–H groups in total. The zero-order chi connectivity index (χ0) is 14.4. The number of alkyl halides is 3. The van der Waals surface area contributed by atoms with Crippen LogP contribution in [-0.4, -0.2) is 19.2 Å². The van der Waals surface area contributed by atoms with Gasteiger partial charge in [0.1, 0.15) is 5.60 Å². The van der Waals surface area contributed by atoms with Crippen LogP contribution in [0.2, 0.25) is 0 Å². The molecule has 0 unspecified atom stereocenters. The second-order valence-corrected chi connectivity index (χ2v) is 4.98. The van der Waals surface area contributed by atoms with Gasteiger partial charge in [0, 0.05) is 18.4 Å². The average Bonchev–Trinajstić information content (AvgIpc) is 2.37. The van der Waals surface area contributed by atoms with Crippen molar-refractivity contribution in [2.45, 2.75) is 24.6 Å². The van der Waals surface area contributed by atoms with Crippen molar-refractivity contribution in [3.05, 3.63) is 29.3 Å². The first-order valence-electron chi connectivity index (χ1n) is 6.34. The van der Waals surface area contributed by atoms with Gasteiger partial charge in [-0.15, -0.1) is 0 Å². The van der Waals surface area contributed by atoms with E-state index >= 15 is 0 Å². The number of fused-ring (bicyclic) bond motifs is 2. The molecule has 2 aliphatic rings. The van der Waals surface area contributed by atoms with Crippen LogP contribution in [0.15, 0.2) is 18.2 Å². The Morgan fingerprint density at radius 2 is 1.90 bits per heavy atom. The molecule has 1 aromatic carbocycles. The summed E-state index contributed by atoms with van der Waals surface area (Å²) in [6, 6.07) is 3.92. The molecule has 0 saturated carbocycles. The molecule has 3 rings (SSSR count). The van der Waals surface area contributed by atoms with Gasteiger partial charge in [0.05, 0.1) is 11.3 Å². The molecule has 20 heavy (non-hydrogen) atoms. The topological polar surface area (TPSA) is 50.4 Å². The SMILES string of the molecule is O=C1Nc2c(C(F)(F)F)cccc2C2(CCNCC2)O1. The van der Waals surface area contributed by atoms with E-state index in [0.29, 0.717) is 31.5 Å². The van der Waals surface area contributed by atoms with Crippen molar-refractivity contribution >= 4 is 11.8 Å². The quantitative estimate of drug-likeness (QED) is 0.771. The Hall–Kier alpha value is -1.76. The summed E-state index contributed by atoms with van der Waals surface area (Å²) in [5, 5.41) is 5.32. The first-order valence-corrected chi connectivity index (χ1v) is 6.34. The van der Waals surface area contributed by atoms with Crippen molar-refractivity contribution in [3.8, 4) is 0 Å². The zero-order valence-corrected chi connectivity index (χ0v) is 10.5. The lowest BCUT2D eigenvalue weighted by atomic mass is 9.82. The fourth-order valence-electron chi connectivity index (χ4n) is 2.86. The van der Waals surface area contributed by atoms with E-state index in [4.69, 9.17) is 4.74 Å². The number of rotatable bonds is 0. The molecule has 1 saturated heterocycles. The molecule has 1 amide bonds. The largest absolute Gasteiger partial charge is 0.438 e. The Morgan fingerprint density at radius 1 is 1.20 bits per heavy atom. The number of carbonyl (C=O) groups is 1. The minimum Gasteiger partial charge on any atom is -0.438 e. The van der Waals surface area contributed by atoms with Crippen LogP contribution in [0.3, 0.4) is 0 Å². The number of nitrogens with one attached hydrogen (secondary N) is 2. The molecule has 0 aliphatic carbocycles. The summed E-state index contributed by atoms with van der Waals surface area (Å²) in [6.45, 7) is 1.20. The van der Waals surface area contributed by atoms with E-state index in [1.54, 1.807) is 6.07 Å². The number of benzene rings is 1. The molecule has 2 heterocycles. The number of halogens is 3. The molecule has 2 aliphatic heterocycles. The summed E-state index contributed by atoms with van der Waals surface area (Å²) in [6.07, 6.45) is -4.40. The Kier molecular flexibility index (Phi) is 2.89. The van der Waals surface area contributed by atoms with Crippen molar-refractivity contribution in [3.63, 3.8) is 0 Å². The number of hydrogen-bond donors (Lipinski definition) is 2. The van der Waals surface area contributed by atoms with E-state index in [1.165, 1.54) is 6.07 Å². The van der Waals surface area contributed by atoms with Gasteiger partial charge in [-0.25, -0.2) is 4.79 Å². The third-order valence-corrected chi connectivity index (χ3v) is 3.79. The summed E-state index contributed by atoms with van der Waals surface area (Å²) < 4.78 is 44.5. The molecule has 1 fully saturated rings. The van der Waals surface area contributed by atoms with Gasteiger partial charge in [0.2, 0.25) is 0 Å². The minimum absolute atomic E-state index is 0.168. The minimum atomic E-state index is -4.51. The average molecular weight is 286 g/mol. The maximum Gasteiger partial charge on any atom is 0.418 e. The highest BCUT2D eigenvalue weighted by atomic mass is 19.4. The highest BCUT2D eigenvalue weighted by Crippen LogP contribution is 2.46. The number of para-hydroxylation sites is 1. The number of amides is 1. The van der Waals surface area contributed by atoms with Crippen molar-refractivity contribution in [1.29, 1.82) is 0 Å². The Balaban J connectivity index is 2.16. The smallest absolute Gasteiger partial charge is 0.418 e. The monoisotopic (exact) mass is 286 g/mol. The van der Waals surface area contributed by atoms with E-state index in [9.17, 15) is 18.0 Å². The number of carbonyl (C=O) groups excluding carboxylic acids is 1. The fourth-order valence-corrected chi connectivity index (χ4v) is 2.86. The second-order valence-electron chi connectivity index (χ2n) is 4.98. The van der Waals surface area contributed by atoms with E-state index in [2.05, 4.69) is 10.6 Å². The van der Waals surface area contributed by atoms with Crippen molar-refractivity contribution in [2.75, 3.05) is 18.4 Å². The van der Waals surface area contributed by atoms with Crippen molar-refractivity contribution in [1.82, 2.24) is 5.32 Å². The van der Waals surface area contributed by atoms with Crippen LogP contribution in [0.4, 0.5) is 23.7 Å². The van der Waals surface area contributed by atoms with Crippen LogP contribution >= 0.6 is 0 Å². The molecule has 0 bridgehead atoms. The maximum atomic E-state index is 13.1. The number of anilines is 1. The Bertz CT molecular complexity index is 551. The summed E-state index contributed by atoms with van der Waals surface area (Å²) in [4.78, 5) is 11.7. The van der Waals surface area contributed by atoms with Crippen molar-refractivity contribution in [2.24, 2.45) is 0 Å². The molecule has 1 spiro atoms. The highest BCUT2D eigenvalue weighted by molar-refractivity contribution is 5.90. The third-order valence-electron chi connectivity index (χ3n) is 3.79. The van der Waals surface area contributed by atoms with Gasteiger partial charge in [-0.1, -0.05) is 12.1 Å². The van der Waals surface area contributed by atoms with Gasteiger partial charge in [-0.2, -0.15) is 13.2 Å². The highest BCUT2D eigenvalue weighted by Gasteiger charge is 2.46. The normalized spacial score (nSPS) is 21.1. The summed E-state index contributed by atoms with van der Waals surface area (Å²) in [5.41, 5.74) is -1.54. The van der Waals surface area contributed by atoms with Gasteiger partial charge >= 0.3 is 12.3 Å². The molecular weight excluding hydrogens is 273 g/mol. The molecule has 1 aromatic rings. The van der Waals surface area contributed by atoms with Crippen LogP contribution in [0.1, 0.15) is 24.0 Å². The van der Waals surface area contributed by atoms with Crippen LogP contribution < -0.4 is 10.6 Å². The third kappa shape index (κ3) is 2.02. The molecule has 0 atom stereocenters. The first kappa shape index (κ1) is 13.2. The van der Waals surface area contributed by atoms with E-state index in [1.807, 2.05) is 0 Å². The zero-order valence-electron chi connectivity index (χ0n) is 10.5. The molecule has 7 heteroatoms. The number of piperidine rings is 1. The molecule has 4 nitrogen and oxygen atoms in total. The summed E-state index contributed by atoms with van der Waals surface area (Å²) in [5.74, 6) is 0. The van der Waals surface area contributed by atoms with E-state index in [-0.39, 0.29) is 5.69 Å². The van der Waals surface area contributed by atoms with E-state index < -0.39 is 23.4 Å².